The summed E-state index contributed by atoms with van der Waals surface area (Å²) >= 11 is 5.65. The van der Waals surface area contributed by atoms with Crippen molar-refractivity contribution in [2.24, 2.45) is 0 Å². The van der Waals surface area contributed by atoms with Gasteiger partial charge >= 0.3 is 0 Å². The lowest BCUT2D eigenvalue weighted by Gasteiger charge is -2.33. The van der Waals surface area contributed by atoms with Crippen LogP contribution in [0.25, 0.3) is 0 Å². The Morgan fingerprint density at radius 2 is 1.64 bits per heavy atom. The van der Waals surface area contributed by atoms with Gasteiger partial charge in [0.25, 0.3) is 0 Å². The van der Waals surface area contributed by atoms with E-state index in [4.69, 9.17) is 11.6 Å². The lowest BCUT2D eigenvalue weighted by Crippen LogP contribution is -2.51. The van der Waals surface area contributed by atoms with Gasteiger partial charge in [0.1, 0.15) is 10.7 Å². The SMILES string of the molecule is CCCCCS(=O)(=O)N1CCN(S(=O)(=O)c2ccc(Cl)cc2F)CC1. The second-order valence-electron chi connectivity index (χ2n) is 5.90. The molecule has 6 nitrogen and oxygen atoms in total. The van der Waals surface area contributed by atoms with E-state index < -0.39 is 30.8 Å². The van der Waals surface area contributed by atoms with Crippen molar-refractivity contribution >= 4 is 31.6 Å². The van der Waals surface area contributed by atoms with Crippen molar-refractivity contribution in [1.29, 1.82) is 0 Å². The van der Waals surface area contributed by atoms with Crippen LogP contribution >= 0.6 is 11.6 Å². The second kappa shape index (κ2) is 8.30. The molecule has 0 bridgehead atoms. The van der Waals surface area contributed by atoms with Gasteiger partial charge in [0, 0.05) is 31.2 Å². The number of rotatable bonds is 7. The van der Waals surface area contributed by atoms with Gasteiger partial charge in [-0.3, -0.25) is 0 Å². The summed E-state index contributed by atoms with van der Waals surface area (Å²) in [5.74, 6) is -0.846. The maximum Gasteiger partial charge on any atom is 0.246 e. The van der Waals surface area contributed by atoms with Crippen LogP contribution < -0.4 is 0 Å². The molecule has 142 valence electrons. The van der Waals surface area contributed by atoms with Crippen molar-refractivity contribution in [2.75, 3.05) is 31.9 Å². The van der Waals surface area contributed by atoms with E-state index in [9.17, 15) is 21.2 Å². The summed E-state index contributed by atoms with van der Waals surface area (Å²) in [6.07, 6.45) is 2.35. The van der Waals surface area contributed by atoms with Crippen molar-refractivity contribution in [3.63, 3.8) is 0 Å². The van der Waals surface area contributed by atoms with E-state index in [0.717, 1.165) is 29.3 Å². The molecule has 0 aromatic heterocycles. The monoisotopic (exact) mass is 412 g/mol. The van der Waals surface area contributed by atoms with Crippen LogP contribution in [-0.2, 0) is 20.0 Å². The fourth-order valence-electron chi connectivity index (χ4n) is 2.68. The molecule has 1 fully saturated rings. The molecule has 0 amide bonds. The number of nitrogens with zero attached hydrogens (tertiary/aromatic N) is 2. The smallest absolute Gasteiger partial charge is 0.212 e. The average Bonchev–Trinajstić information content (AvgIpc) is 2.54. The first kappa shape index (κ1) is 20.6. The molecule has 0 atom stereocenters. The lowest BCUT2D eigenvalue weighted by molar-refractivity contribution is 0.272. The summed E-state index contributed by atoms with van der Waals surface area (Å²) in [5, 5.41) is 0.111. The van der Waals surface area contributed by atoms with E-state index in [-0.39, 0.29) is 37.0 Å². The molecule has 0 saturated carbocycles. The van der Waals surface area contributed by atoms with Gasteiger partial charge in [0.05, 0.1) is 5.75 Å². The highest BCUT2D eigenvalue weighted by Crippen LogP contribution is 2.24. The van der Waals surface area contributed by atoms with Crippen LogP contribution in [0.1, 0.15) is 26.2 Å². The molecule has 1 aromatic rings. The zero-order valence-corrected chi connectivity index (χ0v) is 16.4. The highest BCUT2D eigenvalue weighted by Gasteiger charge is 2.34. The van der Waals surface area contributed by atoms with Crippen molar-refractivity contribution in [1.82, 2.24) is 8.61 Å². The van der Waals surface area contributed by atoms with Gasteiger partial charge in [0.2, 0.25) is 20.0 Å². The molecule has 0 radical (unpaired) electrons. The zero-order chi connectivity index (χ0) is 18.7. The van der Waals surface area contributed by atoms with E-state index in [1.54, 1.807) is 0 Å². The summed E-state index contributed by atoms with van der Waals surface area (Å²) in [4.78, 5) is -0.448. The summed E-state index contributed by atoms with van der Waals surface area (Å²) in [6, 6.07) is 3.38. The van der Waals surface area contributed by atoms with Gasteiger partial charge in [-0.1, -0.05) is 31.4 Å². The van der Waals surface area contributed by atoms with Gasteiger partial charge in [-0.15, -0.1) is 0 Å². The maximum absolute atomic E-state index is 13.9. The summed E-state index contributed by atoms with van der Waals surface area (Å²) in [7, 11) is -7.40. The predicted molar refractivity (Wildman–Crippen MR) is 95.1 cm³/mol. The van der Waals surface area contributed by atoms with Crippen molar-refractivity contribution in [3.05, 3.63) is 29.0 Å². The number of benzene rings is 1. The molecule has 1 saturated heterocycles. The zero-order valence-electron chi connectivity index (χ0n) is 14.0. The number of halogens is 2. The van der Waals surface area contributed by atoms with E-state index in [1.165, 1.54) is 10.4 Å². The molecule has 10 heteroatoms. The van der Waals surface area contributed by atoms with Gasteiger partial charge < -0.3 is 0 Å². The van der Waals surface area contributed by atoms with Gasteiger partial charge in [-0.05, 0) is 24.6 Å². The largest absolute Gasteiger partial charge is 0.246 e. The Bertz CT molecular complexity index is 807. The van der Waals surface area contributed by atoms with E-state index >= 15 is 0 Å². The minimum atomic E-state index is -4.02. The van der Waals surface area contributed by atoms with Crippen LogP contribution in [0.5, 0.6) is 0 Å². The van der Waals surface area contributed by atoms with Crippen molar-refractivity contribution < 1.29 is 21.2 Å². The highest BCUT2D eigenvalue weighted by atomic mass is 35.5. The molecule has 0 aliphatic carbocycles. The Balaban J connectivity index is 2.06. The Labute approximate surface area is 153 Å². The minimum absolute atomic E-state index is 0.00257. The lowest BCUT2D eigenvalue weighted by atomic mass is 10.3. The topological polar surface area (TPSA) is 74.8 Å². The third-order valence-electron chi connectivity index (χ3n) is 4.11. The van der Waals surface area contributed by atoms with Crippen LogP contribution in [0.2, 0.25) is 5.02 Å². The first-order valence-electron chi connectivity index (χ1n) is 8.11. The normalized spacial score (nSPS) is 17.7. The summed E-state index contributed by atoms with van der Waals surface area (Å²) in [6.45, 7) is 2.13. The van der Waals surface area contributed by atoms with Crippen molar-refractivity contribution in [3.8, 4) is 0 Å². The van der Waals surface area contributed by atoms with Crippen LogP contribution in [-0.4, -0.2) is 57.4 Å². The molecule has 0 N–H and O–H groups in total. The first-order valence-corrected chi connectivity index (χ1v) is 11.5. The highest BCUT2D eigenvalue weighted by molar-refractivity contribution is 7.89. The molecule has 1 aromatic carbocycles. The van der Waals surface area contributed by atoms with Gasteiger partial charge in [-0.25, -0.2) is 21.2 Å². The molecule has 1 aliphatic heterocycles. The average molecular weight is 413 g/mol. The molecule has 1 heterocycles. The Kier molecular flexibility index (Phi) is 6.83. The second-order valence-corrected chi connectivity index (χ2v) is 10.3. The fourth-order valence-corrected chi connectivity index (χ4v) is 5.85. The molecular formula is C15H22ClFN2O4S2. The van der Waals surface area contributed by atoms with Crippen LogP contribution in [0.4, 0.5) is 4.39 Å². The third kappa shape index (κ3) is 4.91. The van der Waals surface area contributed by atoms with Gasteiger partial charge in [-0.2, -0.15) is 8.61 Å². The maximum atomic E-state index is 13.9. The van der Waals surface area contributed by atoms with Crippen LogP contribution in [0.3, 0.4) is 0 Å². The van der Waals surface area contributed by atoms with Crippen LogP contribution in [0.15, 0.2) is 23.1 Å². The number of hydrogen-bond acceptors (Lipinski definition) is 4. The first-order chi connectivity index (χ1) is 11.7. The Hall–Kier alpha value is -0.740. The third-order valence-corrected chi connectivity index (χ3v) is 8.23. The molecule has 1 aliphatic rings. The number of unbranched alkanes of at least 4 members (excludes halogenated alkanes) is 2. The minimum Gasteiger partial charge on any atom is -0.212 e. The number of sulfonamides is 2. The fraction of sp³-hybridized carbons (Fsp3) is 0.600. The molecule has 25 heavy (non-hydrogen) atoms. The number of piperazine rings is 1. The Morgan fingerprint density at radius 1 is 1.04 bits per heavy atom. The standard InChI is InChI=1S/C15H22ClFN2O4S2/c1-2-3-4-11-24(20,21)18-7-9-19(10-8-18)25(22,23)15-6-5-13(16)12-14(15)17/h5-6,12H,2-4,7-11H2,1H3. The molecule has 0 spiro atoms. The molecule has 0 unspecified atom stereocenters. The van der Waals surface area contributed by atoms with Gasteiger partial charge in [0.15, 0.2) is 0 Å². The van der Waals surface area contributed by atoms with Crippen molar-refractivity contribution in [2.45, 2.75) is 31.1 Å². The van der Waals surface area contributed by atoms with E-state index in [1.807, 2.05) is 6.92 Å². The van der Waals surface area contributed by atoms with E-state index in [2.05, 4.69) is 0 Å². The van der Waals surface area contributed by atoms with E-state index in [0.29, 0.717) is 6.42 Å². The molecule has 2 rings (SSSR count). The van der Waals surface area contributed by atoms with Crippen LogP contribution in [0, 0.1) is 5.82 Å². The summed E-state index contributed by atoms with van der Waals surface area (Å²) in [5.41, 5.74) is 0. The number of hydrogen-bond donors (Lipinski definition) is 0. The Morgan fingerprint density at radius 3 is 2.20 bits per heavy atom. The summed E-state index contributed by atoms with van der Waals surface area (Å²) < 4.78 is 66.0. The molecular weight excluding hydrogens is 391 g/mol. The predicted octanol–water partition coefficient (Wildman–Crippen LogP) is 2.31. The quantitative estimate of drug-likeness (QED) is 0.644.